The summed E-state index contributed by atoms with van der Waals surface area (Å²) in [6, 6.07) is 8.70. The van der Waals surface area contributed by atoms with Gasteiger partial charge in [-0.25, -0.2) is 17.8 Å². The SMILES string of the molecule is CS(=O)(=O)c1ccc(-n2nc(C(F)(F)F)cc2OCc2ccccc2F)nc1. The highest BCUT2D eigenvalue weighted by molar-refractivity contribution is 7.90. The van der Waals surface area contributed by atoms with Gasteiger partial charge in [-0.2, -0.15) is 23.0 Å². The largest absolute Gasteiger partial charge is 0.473 e. The molecule has 6 nitrogen and oxygen atoms in total. The predicted octanol–water partition coefficient (Wildman–Crippen LogP) is 3.41. The Hall–Kier alpha value is -2.95. The molecule has 0 aliphatic rings. The van der Waals surface area contributed by atoms with E-state index in [1.807, 2.05) is 0 Å². The molecule has 1 aromatic carbocycles. The lowest BCUT2D eigenvalue weighted by Crippen LogP contribution is -2.09. The molecule has 0 N–H and O–H groups in total. The molecule has 0 unspecified atom stereocenters. The number of pyridine rings is 1. The van der Waals surface area contributed by atoms with Crippen LogP contribution in [0.15, 0.2) is 53.6 Å². The number of hydrogen-bond donors (Lipinski definition) is 0. The lowest BCUT2D eigenvalue weighted by molar-refractivity contribution is -0.141. The Morgan fingerprint density at radius 2 is 1.86 bits per heavy atom. The summed E-state index contributed by atoms with van der Waals surface area (Å²) in [7, 11) is -3.53. The summed E-state index contributed by atoms with van der Waals surface area (Å²) in [6.07, 6.45) is -2.77. The normalized spacial score (nSPS) is 12.2. The number of sulfone groups is 1. The van der Waals surface area contributed by atoms with Crippen LogP contribution in [0, 0.1) is 5.82 Å². The summed E-state index contributed by atoms with van der Waals surface area (Å²) >= 11 is 0. The molecule has 28 heavy (non-hydrogen) atoms. The predicted molar refractivity (Wildman–Crippen MR) is 90.2 cm³/mol. The first-order valence-corrected chi connectivity index (χ1v) is 9.65. The fourth-order valence-electron chi connectivity index (χ4n) is 2.25. The van der Waals surface area contributed by atoms with Crippen molar-refractivity contribution in [2.75, 3.05) is 6.26 Å². The highest BCUT2D eigenvalue weighted by atomic mass is 32.2. The number of rotatable bonds is 5. The van der Waals surface area contributed by atoms with E-state index in [0.29, 0.717) is 6.07 Å². The molecule has 2 aromatic heterocycles. The Morgan fingerprint density at radius 3 is 2.43 bits per heavy atom. The van der Waals surface area contributed by atoms with E-state index < -0.39 is 27.5 Å². The standard InChI is InChI=1S/C17H13F4N3O3S/c1-28(25,26)12-6-7-15(22-9-12)24-16(8-14(23-24)17(19,20)21)27-10-11-4-2-3-5-13(11)18/h2-9H,10H2,1H3. The Morgan fingerprint density at radius 1 is 1.14 bits per heavy atom. The molecule has 0 radical (unpaired) electrons. The maximum absolute atomic E-state index is 13.7. The molecule has 3 rings (SSSR count). The van der Waals surface area contributed by atoms with Gasteiger partial charge in [-0.1, -0.05) is 18.2 Å². The van der Waals surface area contributed by atoms with Gasteiger partial charge in [0.25, 0.3) is 0 Å². The van der Waals surface area contributed by atoms with Gasteiger partial charge < -0.3 is 4.74 Å². The van der Waals surface area contributed by atoms with E-state index in [1.165, 1.54) is 30.3 Å². The van der Waals surface area contributed by atoms with Crippen molar-refractivity contribution < 1.29 is 30.7 Å². The van der Waals surface area contributed by atoms with Gasteiger partial charge in [-0.05, 0) is 18.2 Å². The maximum Gasteiger partial charge on any atom is 0.435 e. The molecule has 0 fully saturated rings. The second-order valence-electron chi connectivity index (χ2n) is 5.78. The third-order valence-electron chi connectivity index (χ3n) is 3.67. The van der Waals surface area contributed by atoms with Crippen LogP contribution >= 0.6 is 0 Å². The molecule has 0 amide bonds. The monoisotopic (exact) mass is 415 g/mol. The van der Waals surface area contributed by atoms with Crippen LogP contribution in [0.5, 0.6) is 5.88 Å². The second kappa shape index (κ2) is 7.23. The highest BCUT2D eigenvalue weighted by Gasteiger charge is 2.35. The van der Waals surface area contributed by atoms with Crippen LogP contribution in [0.1, 0.15) is 11.3 Å². The van der Waals surface area contributed by atoms with Crippen LogP contribution in [0.3, 0.4) is 0 Å². The lowest BCUT2D eigenvalue weighted by atomic mass is 10.2. The Balaban J connectivity index is 1.97. The second-order valence-corrected chi connectivity index (χ2v) is 7.80. The molecule has 0 aliphatic heterocycles. The van der Waals surface area contributed by atoms with Gasteiger partial charge >= 0.3 is 6.18 Å². The van der Waals surface area contributed by atoms with Crippen LogP contribution in [0.2, 0.25) is 0 Å². The summed E-state index contributed by atoms with van der Waals surface area (Å²) in [5, 5.41) is 3.44. The molecule has 0 atom stereocenters. The number of alkyl halides is 3. The quantitative estimate of drug-likeness (QED) is 0.597. The van der Waals surface area contributed by atoms with Crippen LogP contribution < -0.4 is 4.74 Å². The molecule has 3 aromatic rings. The molecule has 0 spiro atoms. The van der Waals surface area contributed by atoms with Crippen molar-refractivity contribution in [2.45, 2.75) is 17.7 Å². The molecular formula is C17H13F4N3O3S. The first-order valence-electron chi connectivity index (χ1n) is 7.75. The van der Waals surface area contributed by atoms with Crippen LogP contribution in [-0.2, 0) is 22.6 Å². The minimum Gasteiger partial charge on any atom is -0.473 e. The molecule has 148 valence electrons. The summed E-state index contributed by atoms with van der Waals surface area (Å²) in [5.74, 6) is -0.984. The third kappa shape index (κ3) is 4.30. The maximum atomic E-state index is 13.7. The van der Waals surface area contributed by atoms with Crippen LogP contribution in [-0.4, -0.2) is 29.4 Å². The topological polar surface area (TPSA) is 74.1 Å². The van der Waals surface area contributed by atoms with E-state index in [9.17, 15) is 26.0 Å². The first-order chi connectivity index (χ1) is 13.1. The van der Waals surface area contributed by atoms with Crippen LogP contribution in [0.25, 0.3) is 5.82 Å². The fraction of sp³-hybridized carbons (Fsp3) is 0.176. The Kier molecular flexibility index (Phi) is 5.11. The van der Waals surface area contributed by atoms with Gasteiger partial charge in [0.05, 0.1) is 4.90 Å². The average Bonchev–Trinajstić information content (AvgIpc) is 3.05. The van der Waals surface area contributed by atoms with Crippen molar-refractivity contribution in [2.24, 2.45) is 0 Å². The Bertz CT molecular complexity index is 1090. The molecule has 0 aliphatic carbocycles. The number of aromatic nitrogens is 3. The van der Waals surface area contributed by atoms with E-state index in [2.05, 4.69) is 10.1 Å². The van der Waals surface area contributed by atoms with E-state index >= 15 is 0 Å². The summed E-state index contributed by atoms with van der Waals surface area (Å²) in [4.78, 5) is 3.74. The van der Waals surface area contributed by atoms with Gasteiger partial charge in [0.2, 0.25) is 5.88 Å². The van der Waals surface area contributed by atoms with E-state index in [0.717, 1.165) is 17.1 Å². The van der Waals surface area contributed by atoms with Crippen molar-refractivity contribution in [3.8, 4) is 11.7 Å². The molecule has 0 saturated carbocycles. The number of nitrogens with zero attached hydrogens (tertiary/aromatic N) is 3. The third-order valence-corrected chi connectivity index (χ3v) is 4.76. The Labute approximate surface area is 157 Å². The number of benzene rings is 1. The number of ether oxygens (including phenoxy) is 1. The van der Waals surface area contributed by atoms with Crippen molar-refractivity contribution in [1.29, 1.82) is 0 Å². The number of hydrogen-bond acceptors (Lipinski definition) is 5. The first kappa shape index (κ1) is 19.8. The highest BCUT2D eigenvalue weighted by Crippen LogP contribution is 2.32. The van der Waals surface area contributed by atoms with Crippen molar-refractivity contribution in [3.63, 3.8) is 0 Å². The minimum absolute atomic E-state index is 0.0913. The summed E-state index contributed by atoms with van der Waals surface area (Å²) in [5.41, 5.74) is -1.09. The van der Waals surface area contributed by atoms with Gasteiger partial charge in [0.15, 0.2) is 21.3 Å². The average molecular weight is 415 g/mol. The van der Waals surface area contributed by atoms with Crippen molar-refractivity contribution in [3.05, 3.63) is 65.7 Å². The van der Waals surface area contributed by atoms with E-state index in [4.69, 9.17) is 4.74 Å². The lowest BCUT2D eigenvalue weighted by Gasteiger charge is -2.09. The summed E-state index contributed by atoms with van der Waals surface area (Å²) in [6.45, 7) is -0.336. The molecule has 11 heteroatoms. The van der Waals surface area contributed by atoms with Crippen molar-refractivity contribution in [1.82, 2.24) is 14.8 Å². The molecular weight excluding hydrogens is 402 g/mol. The smallest absolute Gasteiger partial charge is 0.435 e. The van der Waals surface area contributed by atoms with E-state index in [-0.39, 0.29) is 28.8 Å². The molecule has 0 saturated heterocycles. The van der Waals surface area contributed by atoms with E-state index in [1.54, 1.807) is 6.07 Å². The summed E-state index contributed by atoms with van der Waals surface area (Å²) < 4.78 is 82.0. The van der Waals surface area contributed by atoms with Crippen molar-refractivity contribution >= 4 is 9.84 Å². The number of halogens is 4. The zero-order valence-corrected chi connectivity index (χ0v) is 15.1. The molecule has 0 bridgehead atoms. The van der Waals surface area contributed by atoms with Gasteiger partial charge in [-0.3, -0.25) is 0 Å². The fourth-order valence-corrected chi connectivity index (χ4v) is 2.81. The molecule has 2 heterocycles. The minimum atomic E-state index is -4.74. The van der Waals surface area contributed by atoms with Gasteiger partial charge in [0.1, 0.15) is 12.4 Å². The zero-order chi connectivity index (χ0) is 20.5. The van der Waals surface area contributed by atoms with Crippen LogP contribution in [0.4, 0.5) is 17.6 Å². The van der Waals surface area contributed by atoms with Gasteiger partial charge in [0, 0.05) is 24.1 Å². The zero-order valence-electron chi connectivity index (χ0n) is 14.3. The van der Waals surface area contributed by atoms with Gasteiger partial charge in [-0.15, -0.1) is 0 Å².